The fourth-order valence-corrected chi connectivity index (χ4v) is 4.73. The van der Waals surface area contributed by atoms with Crippen LogP contribution >= 0.6 is 11.6 Å². The molecule has 1 N–H and O–H groups in total. The molecule has 3 heterocycles. The summed E-state index contributed by atoms with van der Waals surface area (Å²) in [5, 5.41) is 14.8. The summed E-state index contributed by atoms with van der Waals surface area (Å²) in [7, 11) is 0. The van der Waals surface area contributed by atoms with Crippen molar-refractivity contribution >= 4 is 11.6 Å². The molecular weight excluding hydrogens is 474 g/mol. The predicted molar refractivity (Wildman–Crippen MR) is 140 cm³/mol. The van der Waals surface area contributed by atoms with E-state index in [9.17, 15) is 4.79 Å². The van der Waals surface area contributed by atoms with Gasteiger partial charge in [-0.25, -0.2) is 9.89 Å². The van der Waals surface area contributed by atoms with E-state index < -0.39 is 0 Å². The molecule has 0 aliphatic heterocycles. The highest BCUT2D eigenvalue weighted by Gasteiger charge is 2.17. The number of halogens is 1. The summed E-state index contributed by atoms with van der Waals surface area (Å²) in [6, 6.07) is 15.7. The van der Waals surface area contributed by atoms with Crippen LogP contribution in [-0.2, 0) is 13.0 Å². The van der Waals surface area contributed by atoms with E-state index >= 15 is 0 Å². The molecule has 2 aromatic carbocycles. The van der Waals surface area contributed by atoms with Gasteiger partial charge in [0.25, 0.3) is 0 Å². The number of pyridine rings is 1. The zero-order valence-corrected chi connectivity index (χ0v) is 20.9. The molecule has 182 valence electrons. The molecule has 0 atom stereocenters. The number of aryl methyl sites for hydroxylation is 2. The number of nitrogens with zero attached hydrogens (tertiary/aromatic N) is 6. The highest BCUT2D eigenvalue weighted by molar-refractivity contribution is 6.32. The maximum atomic E-state index is 13.6. The minimum atomic E-state index is -0.0891. The Morgan fingerprint density at radius 2 is 1.89 bits per heavy atom. The van der Waals surface area contributed by atoms with E-state index in [0.717, 1.165) is 58.5 Å². The molecule has 3 aromatic heterocycles. The zero-order valence-electron chi connectivity index (χ0n) is 20.1. The molecule has 9 heteroatoms. The zero-order chi connectivity index (χ0) is 25.1. The van der Waals surface area contributed by atoms with Crippen molar-refractivity contribution in [1.82, 2.24) is 34.7 Å². The van der Waals surface area contributed by atoms with E-state index in [0.29, 0.717) is 17.4 Å². The van der Waals surface area contributed by atoms with Crippen LogP contribution in [0.1, 0.15) is 36.6 Å². The molecule has 0 spiro atoms. The van der Waals surface area contributed by atoms with Crippen LogP contribution in [0.2, 0.25) is 5.02 Å². The molecular formula is C27H26ClN7O. The van der Waals surface area contributed by atoms with Crippen molar-refractivity contribution in [3.05, 3.63) is 99.4 Å². The third kappa shape index (κ3) is 4.59. The molecule has 0 unspecified atom stereocenters. The van der Waals surface area contributed by atoms with Crippen molar-refractivity contribution < 1.29 is 0 Å². The molecule has 0 saturated heterocycles. The third-order valence-corrected chi connectivity index (χ3v) is 6.61. The van der Waals surface area contributed by atoms with E-state index in [2.05, 4.69) is 32.5 Å². The van der Waals surface area contributed by atoms with Gasteiger partial charge in [-0.1, -0.05) is 61.3 Å². The number of aromatic nitrogens is 7. The molecule has 5 aromatic rings. The number of hydrogen-bond acceptors (Lipinski definition) is 5. The van der Waals surface area contributed by atoms with Gasteiger partial charge in [-0.05, 0) is 59.0 Å². The maximum Gasteiger partial charge on any atom is 0.333 e. The summed E-state index contributed by atoms with van der Waals surface area (Å²) in [6.45, 7) is 4.59. The normalized spacial score (nSPS) is 11.2. The van der Waals surface area contributed by atoms with E-state index in [1.165, 1.54) is 0 Å². The van der Waals surface area contributed by atoms with Gasteiger partial charge in [0.2, 0.25) is 0 Å². The number of hydrogen-bond donors (Lipinski definition) is 1. The van der Waals surface area contributed by atoms with Crippen LogP contribution in [0.15, 0.2) is 71.9 Å². The smallest absolute Gasteiger partial charge is 0.292 e. The Hall–Kier alpha value is -4.04. The van der Waals surface area contributed by atoms with Crippen molar-refractivity contribution in [1.29, 1.82) is 0 Å². The summed E-state index contributed by atoms with van der Waals surface area (Å²) in [6.07, 6.45) is 8.33. The summed E-state index contributed by atoms with van der Waals surface area (Å²) in [5.41, 5.74) is 6.41. The number of para-hydroxylation sites is 1. The third-order valence-electron chi connectivity index (χ3n) is 6.30. The van der Waals surface area contributed by atoms with Crippen molar-refractivity contribution in [2.24, 2.45) is 0 Å². The Labute approximate surface area is 213 Å². The van der Waals surface area contributed by atoms with Crippen LogP contribution in [0.3, 0.4) is 0 Å². The van der Waals surface area contributed by atoms with Gasteiger partial charge in [0, 0.05) is 35.4 Å². The first-order valence-electron chi connectivity index (χ1n) is 11.9. The van der Waals surface area contributed by atoms with Crippen LogP contribution in [0.25, 0.3) is 28.2 Å². The predicted octanol–water partition coefficient (Wildman–Crippen LogP) is 5.23. The van der Waals surface area contributed by atoms with E-state index in [1.54, 1.807) is 17.0 Å². The Kier molecular flexibility index (Phi) is 6.77. The number of nitrogens with one attached hydrogen (secondary N) is 1. The Bertz CT molecular complexity index is 1520. The number of aromatic amines is 1. The number of H-pyrrole nitrogens is 1. The van der Waals surface area contributed by atoms with Gasteiger partial charge in [0.05, 0.1) is 17.3 Å². The summed E-state index contributed by atoms with van der Waals surface area (Å²) in [5.74, 6) is 0.583. The molecule has 0 amide bonds. The Morgan fingerprint density at radius 1 is 1.06 bits per heavy atom. The van der Waals surface area contributed by atoms with Gasteiger partial charge in [-0.15, -0.1) is 5.10 Å². The minimum Gasteiger partial charge on any atom is -0.292 e. The lowest BCUT2D eigenvalue weighted by Gasteiger charge is -2.10. The quantitative estimate of drug-likeness (QED) is 0.315. The average Bonchev–Trinajstić information content (AvgIpc) is 3.53. The Balaban J connectivity index is 1.49. The van der Waals surface area contributed by atoms with Crippen molar-refractivity contribution in [3.63, 3.8) is 0 Å². The van der Waals surface area contributed by atoms with Gasteiger partial charge < -0.3 is 0 Å². The van der Waals surface area contributed by atoms with Crippen LogP contribution in [0, 0.1) is 6.92 Å². The largest absolute Gasteiger partial charge is 0.333 e. The second-order valence-corrected chi connectivity index (χ2v) is 9.14. The summed E-state index contributed by atoms with van der Waals surface area (Å²) in [4.78, 5) is 17.8. The lowest BCUT2D eigenvalue weighted by atomic mass is 10.0. The molecule has 0 bridgehead atoms. The fourth-order valence-electron chi connectivity index (χ4n) is 4.42. The SMILES string of the molecule is CCCCc1cn(-c2c(C)cccc2Cl)c(=O)n1Cc1ccc(-c2cnccc2-c2nnn[nH]2)cc1. The van der Waals surface area contributed by atoms with E-state index in [-0.39, 0.29) is 5.69 Å². The Morgan fingerprint density at radius 3 is 2.61 bits per heavy atom. The number of imidazole rings is 1. The van der Waals surface area contributed by atoms with Crippen LogP contribution in [0.5, 0.6) is 0 Å². The van der Waals surface area contributed by atoms with Crippen LogP contribution < -0.4 is 5.69 Å². The molecule has 0 fully saturated rings. The van der Waals surface area contributed by atoms with Crippen molar-refractivity contribution in [2.75, 3.05) is 0 Å². The average molecular weight is 500 g/mol. The summed E-state index contributed by atoms with van der Waals surface area (Å²) >= 11 is 6.50. The van der Waals surface area contributed by atoms with Gasteiger partial charge >= 0.3 is 5.69 Å². The van der Waals surface area contributed by atoms with E-state index in [1.807, 2.05) is 66.2 Å². The number of unbranched alkanes of at least 4 members (excludes halogenated alkanes) is 1. The first-order chi connectivity index (χ1) is 17.6. The summed E-state index contributed by atoms with van der Waals surface area (Å²) < 4.78 is 3.54. The van der Waals surface area contributed by atoms with Gasteiger partial charge in [-0.3, -0.25) is 14.1 Å². The maximum absolute atomic E-state index is 13.6. The lowest BCUT2D eigenvalue weighted by Crippen LogP contribution is -2.25. The first kappa shape index (κ1) is 23.7. The first-order valence-corrected chi connectivity index (χ1v) is 12.3. The molecule has 5 rings (SSSR count). The topological polar surface area (TPSA) is 94.3 Å². The highest BCUT2D eigenvalue weighted by Crippen LogP contribution is 2.29. The molecule has 0 saturated carbocycles. The fraction of sp³-hybridized carbons (Fsp3) is 0.222. The second kappa shape index (κ2) is 10.3. The highest BCUT2D eigenvalue weighted by atomic mass is 35.5. The number of benzene rings is 2. The minimum absolute atomic E-state index is 0.0891. The molecule has 0 radical (unpaired) electrons. The van der Waals surface area contributed by atoms with Gasteiger partial charge in [-0.2, -0.15) is 0 Å². The molecule has 36 heavy (non-hydrogen) atoms. The van der Waals surface area contributed by atoms with Gasteiger partial charge in [0.15, 0.2) is 5.82 Å². The van der Waals surface area contributed by atoms with Gasteiger partial charge in [0.1, 0.15) is 0 Å². The second-order valence-electron chi connectivity index (χ2n) is 8.74. The van der Waals surface area contributed by atoms with Crippen LogP contribution in [-0.4, -0.2) is 34.7 Å². The number of rotatable bonds is 8. The molecule has 0 aliphatic rings. The lowest BCUT2D eigenvalue weighted by molar-refractivity contribution is 0.674. The monoisotopic (exact) mass is 499 g/mol. The number of tetrazole rings is 1. The van der Waals surface area contributed by atoms with Crippen molar-refractivity contribution in [3.8, 4) is 28.2 Å². The van der Waals surface area contributed by atoms with Crippen LogP contribution in [0.4, 0.5) is 0 Å². The standard InChI is InChI=1S/C27H26ClN7O/c1-3-4-7-21-17-35(25-18(2)6-5-8-24(25)28)27(36)34(21)16-19-9-11-20(12-10-19)23-15-29-14-13-22(23)26-30-32-33-31-26/h5-6,8-15,17H,3-4,7,16H2,1-2H3,(H,30,31,32,33). The van der Waals surface area contributed by atoms with Crippen molar-refractivity contribution in [2.45, 2.75) is 39.7 Å². The molecule has 0 aliphatic carbocycles. The molecule has 8 nitrogen and oxygen atoms in total. The van der Waals surface area contributed by atoms with E-state index in [4.69, 9.17) is 11.6 Å².